The van der Waals surface area contributed by atoms with Crippen molar-refractivity contribution in [2.75, 3.05) is 6.61 Å². The lowest BCUT2D eigenvalue weighted by Crippen LogP contribution is -2.29. The van der Waals surface area contributed by atoms with E-state index >= 15 is 0 Å². The summed E-state index contributed by atoms with van der Waals surface area (Å²) in [7, 11) is -1.29. The molecule has 0 aromatic heterocycles. The molecule has 0 bridgehead atoms. The van der Waals surface area contributed by atoms with E-state index in [2.05, 4.69) is 26.9 Å². The molecule has 0 aromatic carbocycles. The van der Waals surface area contributed by atoms with Crippen LogP contribution in [0.4, 0.5) is 0 Å². The zero-order valence-electron chi connectivity index (χ0n) is 16.8. The highest BCUT2D eigenvalue weighted by atomic mass is 28.4. The molecule has 1 aliphatic rings. The lowest BCUT2D eigenvalue weighted by Gasteiger charge is -2.21. The smallest absolute Gasteiger partial charge is 0.253 e. The van der Waals surface area contributed by atoms with Crippen LogP contribution in [0.25, 0.3) is 0 Å². The van der Waals surface area contributed by atoms with Crippen LogP contribution in [0, 0.1) is 0 Å². The topological polar surface area (TPSA) is 66.8 Å². The van der Waals surface area contributed by atoms with Crippen LogP contribution in [0.15, 0.2) is 0 Å². The number of rotatable bonds is 12. The van der Waals surface area contributed by atoms with E-state index in [4.69, 9.17) is 9.63 Å². The number of nitrogens with zero attached hydrogens (tertiary/aromatic N) is 1. The summed E-state index contributed by atoms with van der Waals surface area (Å²) in [5.41, 5.74) is 0. The monoisotopic (exact) mass is 373 g/mol. The van der Waals surface area contributed by atoms with Gasteiger partial charge in [-0.2, -0.15) is 5.06 Å². The summed E-state index contributed by atoms with van der Waals surface area (Å²) in [6, 6.07) is 1.34. The first kappa shape index (κ1) is 24.3. The summed E-state index contributed by atoms with van der Waals surface area (Å²) in [5, 5.41) is 8.57. The van der Waals surface area contributed by atoms with E-state index in [-0.39, 0.29) is 17.9 Å². The van der Waals surface area contributed by atoms with E-state index in [0.717, 1.165) is 6.61 Å². The first-order valence-electron chi connectivity index (χ1n) is 10.0. The summed E-state index contributed by atoms with van der Waals surface area (Å²) in [6.07, 6.45) is 13.1. The molecule has 148 valence electrons. The summed E-state index contributed by atoms with van der Waals surface area (Å²) >= 11 is 0. The molecule has 1 N–H and O–H groups in total. The third kappa shape index (κ3) is 13.2. The molecule has 1 rings (SSSR count). The fourth-order valence-corrected chi connectivity index (χ4v) is 4.92. The molecule has 0 saturated carbocycles. The Kier molecular flexibility index (Phi) is 14.0. The van der Waals surface area contributed by atoms with Gasteiger partial charge in [0.1, 0.15) is 0 Å². The molecule has 2 amide bonds. The fourth-order valence-electron chi connectivity index (χ4n) is 2.89. The Bertz CT molecular complexity index is 358. The van der Waals surface area contributed by atoms with Crippen LogP contribution in [0.3, 0.4) is 0 Å². The predicted octanol–water partition coefficient (Wildman–Crippen LogP) is 5.28. The predicted molar refractivity (Wildman–Crippen MR) is 104 cm³/mol. The lowest BCUT2D eigenvalue weighted by atomic mass is 10.1. The Morgan fingerprint density at radius 2 is 1.32 bits per heavy atom. The quantitative estimate of drug-likeness (QED) is 0.219. The molecular weight excluding hydrogens is 334 g/mol. The van der Waals surface area contributed by atoms with E-state index in [1.165, 1.54) is 63.8 Å². The van der Waals surface area contributed by atoms with Crippen molar-refractivity contribution in [2.45, 2.75) is 104 Å². The van der Waals surface area contributed by atoms with Crippen LogP contribution in [-0.2, 0) is 14.0 Å². The number of imide groups is 1. The summed E-state index contributed by atoms with van der Waals surface area (Å²) in [6.45, 7) is 9.99. The van der Waals surface area contributed by atoms with Crippen molar-refractivity contribution in [3.05, 3.63) is 0 Å². The molecule has 0 radical (unpaired) electrons. The molecule has 1 fully saturated rings. The zero-order chi connectivity index (χ0) is 19.1. The van der Waals surface area contributed by atoms with Gasteiger partial charge in [0.15, 0.2) is 8.32 Å². The van der Waals surface area contributed by atoms with Crippen LogP contribution < -0.4 is 0 Å². The van der Waals surface area contributed by atoms with Crippen molar-refractivity contribution < 1.29 is 19.2 Å². The van der Waals surface area contributed by atoms with Crippen molar-refractivity contribution >= 4 is 20.1 Å². The molecule has 1 heterocycles. The van der Waals surface area contributed by atoms with Gasteiger partial charge in [-0.3, -0.25) is 14.8 Å². The van der Waals surface area contributed by atoms with Crippen molar-refractivity contribution in [3.8, 4) is 0 Å². The van der Waals surface area contributed by atoms with Gasteiger partial charge in [-0.25, -0.2) is 0 Å². The molecule has 5 nitrogen and oxygen atoms in total. The summed E-state index contributed by atoms with van der Waals surface area (Å²) in [4.78, 5) is 20.5. The number of unbranched alkanes of at least 4 members (excludes halogenated alkanes) is 8. The highest BCUT2D eigenvalue weighted by Crippen LogP contribution is 2.17. The molecule has 0 unspecified atom stereocenters. The Morgan fingerprint density at radius 3 is 1.68 bits per heavy atom. The maximum Gasteiger partial charge on any atom is 0.253 e. The van der Waals surface area contributed by atoms with Gasteiger partial charge in [0.2, 0.25) is 0 Å². The van der Waals surface area contributed by atoms with Crippen molar-refractivity contribution in [1.82, 2.24) is 5.06 Å². The molecule has 25 heavy (non-hydrogen) atoms. The standard InChI is InChI=1S/C15H34OSi.C4H5NO3/c1-5-7-8-9-10-11-12-13-14-15-17(3,4)16-6-2;6-3-1-2-4(7)5(3)8/h5-15H2,1-4H3;8H,1-2H2. The van der Waals surface area contributed by atoms with Crippen LogP contribution in [0.1, 0.15) is 84.5 Å². The van der Waals surface area contributed by atoms with Gasteiger partial charge in [0.05, 0.1) is 0 Å². The van der Waals surface area contributed by atoms with Gasteiger partial charge in [-0.05, 0) is 26.1 Å². The van der Waals surface area contributed by atoms with Crippen LogP contribution in [0.2, 0.25) is 19.1 Å². The number of hydroxylamine groups is 2. The maximum absolute atomic E-state index is 10.2. The Balaban J connectivity index is 0.000000593. The van der Waals surface area contributed by atoms with Crippen LogP contribution in [-0.4, -0.2) is 37.0 Å². The third-order valence-electron chi connectivity index (χ3n) is 4.44. The van der Waals surface area contributed by atoms with Crippen molar-refractivity contribution in [2.24, 2.45) is 0 Å². The highest BCUT2D eigenvalue weighted by Gasteiger charge is 2.26. The van der Waals surface area contributed by atoms with Gasteiger partial charge in [-0.15, -0.1) is 0 Å². The second kappa shape index (κ2) is 14.4. The van der Waals surface area contributed by atoms with Gasteiger partial charge in [0.25, 0.3) is 11.8 Å². The highest BCUT2D eigenvalue weighted by molar-refractivity contribution is 6.71. The molecule has 1 aliphatic heterocycles. The number of carbonyl (C=O) groups is 2. The first-order chi connectivity index (χ1) is 11.8. The fraction of sp³-hybridized carbons (Fsp3) is 0.895. The second-order valence-corrected chi connectivity index (χ2v) is 11.7. The van der Waals surface area contributed by atoms with Gasteiger partial charge >= 0.3 is 0 Å². The number of amides is 2. The Morgan fingerprint density at radius 1 is 0.880 bits per heavy atom. The molecule has 1 saturated heterocycles. The minimum absolute atomic E-state index is 0.148. The second-order valence-electron chi connectivity index (χ2n) is 7.37. The number of carbonyl (C=O) groups excluding carboxylic acids is 2. The number of hydrogen-bond donors (Lipinski definition) is 1. The van der Waals surface area contributed by atoms with E-state index in [1.807, 2.05) is 0 Å². The van der Waals surface area contributed by atoms with E-state index in [0.29, 0.717) is 0 Å². The van der Waals surface area contributed by atoms with Crippen molar-refractivity contribution in [1.29, 1.82) is 0 Å². The Hall–Kier alpha value is -0.723. The molecule has 6 heteroatoms. The molecule has 0 aromatic rings. The molecular formula is C19H39NO4Si. The normalized spacial score (nSPS) is 14.7. The van der Waals surface area contributed by atoms with E-state index in [9.17, 15) is 9.59 Å². The van der Waals surface area contributed by atoms with Gasteiger partial charge in [0, 0.05) is 19.4 Å². The minimum atomic E-state index is -1.29. The van der Waals surface area contributed by atoms with Gasteiger partial charge < -0.3 is 4.43 Å². The Labute approximate surface area is 155 Å². The first-order valence-corrected chi connectivity index (χ1v) is 13.1. The number of hydrogen-bond acceptors (Lipinski definition) is 4. The van der Waals surface area contributed by atoms with Crippen LogP contribution in [0.5, 0.6) is 0 Å². The van der Waals surface area contributed by atoms with E-state index < -0.39 is 20.1 Å². The third-order valence-corrected chi connectivity index (χ3v) is 7.07. The molecule has 0 atom stereocenters. The largest absolute Gasteiger partial charge is 0.418 e. The molecule has 0 aliphatic carbocycles. The zero-order valence-corrected chi connectivity index (χ0v) is 17.8. The summed E-state index contributed by atoms with van der Waals surface area (Å²) < 4.78 is 5.84. The average Bonchev–Trinajstić information content (AvgIpc) is 2.85. The molecule has 0 spiro atoms. The minimum Gasteiger partial charge on any atom is -0.418 e. The van der Waals surface area contributed by atoms with Gasteiger partial charge in [-0.1, -0.05) is 64.7 Å². The van der Waals surface area contributed by atoms with Crippen LogP contribution >= 0.6 is 0 Å². The summed E-state index contributed by atoms with van der Waals surface area (Å²) in [5.74, 6) is -1.01. The lowest BCUT2D eigenvalue weighted by molar-refractivity contribution is -0.171. The average molecular weight is 374 g/mol. The maximum atomic E-state index is 10.2. The van der Waals surface area contributed by atoms with Crippen molar-refractivity contribution in [3.63, 3.8) is 0 Å². The SMILES string of the molecule is CCCCCCCCCCC[Si](C)(C)OCC.O=C1CCC(=O)N1O. The van der Waals surface area contributed by atoms with E-state index in [1.54, 1.807) is 0 Å².